The summed E-state index contributed by atoms with van der Waals surface area (Å²) >= 11 is 0. The van der Waals surface area contributed by atoms with Gasteiger partial charge in [0, 0.05) is 18.9 Å². The second-order valence-electron chi connectivity index (χ2n) is 9.05. The molecule has 9 heteroatoms. The third-order valence-corrected chi connectivity index (χ3v) is 8.13. The maximum atomic E-state index is 13.0. The summed E-state index contributed by atoms with van der Waals surface area (Å²) in [5.41, 5.74) is 1.30. The summed E-state index contributed by atoms with van der Waals surface area (Å²) in [5, 5.41) is 3.27. The van der Waals surface area contributed by atoms with Crippen LogP contribution >= 0.6 is 0 Å². The molecule has 5 rings (SSSR count). The maximum Gasteiger partial charge on any atom is 0.337 e. The fourth-order valence-corrected chi connectivity index (χ4v) is 6.21. The number of ether oxygens (including phenoxy) is 2. The van der Waals surface area contributed by atoms with Crippen LogP contribution in [0, 0.1) is 5.92 Å². The van der Waals surface area contributed by atoms with Crippen molar-refractivity contribution in [3.05, 3.63) is 102 Å². The molecule has 0 bridgehead atoms. The van der Waals surface area contributed by atoms with E-state index in [0.29, 0.717) is 36.9 Å². The van der Waals surface area contributed by atoms with E-state index < -0.39 is 9.84 Å². The number of nitrogens with one attached hydrogen (secondary N) is 1. The number of aromatic nitrogens is 2. The molecule has 8 nitrogen and oxygen atoms in total. The molecule has 1 aliphatic rings. The SMILES string of the molecule is O=c1n(-c2ccc(OCCNCC3CCS(=O)(=O)C3)cc2)ccn1-c1ccc(Oc2ccccc2)cc1. The Kier molecular flexibility index (Phi) is 7.43. The largest absolute Gasteiger partial charge is 0.492 e. The van der Waals surface area contributed by atoms with Crippen molar-refractivity contribution in [1.29, 1.82) is 0 Å². The lowest BCUT2D eigenvalue weighted by atomic mass is 10.1. The van der Waals surface area contributed by atoms with E-state index in [1.807, 2.05) is 78.9 Å². The highest BCUT2D eigenvalue weighted by Crippen LogP contribution is 2.22. The van der Waals surface area contributed by atoms with Gasteiger partial charge in [0.25, 0.3) is 0 Å². The Hall–Kier alpha value is -3.82. The molecule has 1 atom stereocenters. The lowest BCUT2D eigenvalue weighted by Crippen LogP contribution is -2.27. The summed E-state index contributed by atoms with van der Waals surface area (Å²) in [6.07, 6.45) is 4.20. The van der Waals surface area contributed by atoms with Crippen molar-refractivity contribution < 1.29 is 17.9 Å². The minimum atomic E-state index is -2.84. The van der Waals surface area contributed by atoms with Gasteiger partial charge in [-0.1, -0.05) is 18.2 Å². The van der Waals surface area contributed by atoms with Crippen molar-refractivity contribution in [1.82, 2.24) is 14.5 Å². The van der Waals surface area contributed by atoms with Crippen LogP contribution in [0.2, 0.25) is 0 Å². The van der Waals surface area contributed by atoms with Gasteiger partial charge in [0.05, 0.1) is 22.9 Å². The monoisotopic (exact) mass is 519 g/mol. The Morgan fingerprint density at radius 1 is 0.811 bits per heavy atom. The second-order valence-corrected chi connectivity index (χ2v) is 11.3. The van der Waals surface area contributed by atoms with E-state index in [-0.39, 0.29) is 17.4 Å². The first-order valence-corrected chi connectivity index (χ1v) is 14.1. The fraction of sp³-hybridized carbons (Fsp3) is 0.250. The van der Waals surface area contributed by atoms with E-state index in [1.54, 1.807) is 21.5 Å². The molecule has 4 aromatic rings. The quantitative estimate of drug-likeness (QED) is 0.320. The van der Waals surface area contributed by atoms with Gasteiger partial charge in [0.2, 0.25) is 0 Å². The van der Waals surface area contributed by atoms with Crippen LogP contribution in [0.4, 0.5) is 0 Å². The Labute approximate surface area is 216 Å². The van der Waals surface area contributed by atoms with E-state index >= 15 is 0 Å². The summed E-state index contributed by atoms with van der Waals surface area (Å²) in [4.78, 5) is 13.0. The molecule has 1 aliphatic heterocycles. The third-order valence-electron chi connectivity index (χ3n) is 6.29. The van der Waals surface area contributed by atoms with E-state index in [2.05, 4.69) is 5.32 Å². The summed E-state index contributed by atoms with van der Waals surface area (Å²) in [6, 6.07) is 24.3. The van der Waals surface area contributed by atoms with Crippen molar-refractivity contribution in [2.45, 2.75) is 6.42 Å². The van der Waals surface area contributed by atoms with Crippen molar-refractivity contribution in [2.75, 3.05) is 31.2 Å². The minimum absolute atomic E-state index is 0.177. The topological polar surface area (TPSA) is 91.6 Å². The van der Waals surface area contributed by atoms with E-state index in [1.165, 1.54) is 0 Å². The second kappa shape index (κ2) is 11.1. The van der Waals surface area contributed by atoms with Gasteiger partial charge in [-0.3, -0.25) is 9.13 Å². The van der Waals surface area contributed by atoms with Gasteiger partial charge in [-0.05, 0) is 79.5 Å². The van der Waals surface area contributed by atoms with Gasteiger partial charge in [0.15, 0.2) is 9.84 Å². The standard InChI is InChI=1S/C28H29N3O5S/c32-28-30(16-17-31(28)24-8-12-27(13-9-24)36-26-4-2-1-3-5-26)23-6-10-25(11-7-23)35-18-15-29-20-22-14-19-37(33,34)21-22/h1-13,16-17,22,29H,14-15,18-21H2. The van der Waals surface area contributed by atoms with Crippen molar-refractivity contribution >= 4 is 9.84 Å². The molecule has 1 aromatic heterocycles. The van der Waals surface area contributed by atoms with Crippen LogP contribution in [0.15, 0.2) is 96.1 Å². The summed E-state index contributed by atoms with van der Waals surface area (Å²) in [6.45, 7) is 1.79. The molecule has 0 spiro atoms. The lowest BCUT2D eigenvalue weighted by molar-refractivity contribution is 0.310. The predicted molar refractivity (Wildman–Crippen MR) is 143 cm³/mol. The number of sulfone groups is 1. The minimum Gasteiger partial charge on any atom is -0.492 e. The first kappa shape index (κ1) is 24.9. The zero-order valence-electron chi connectivity index (χ0n) is 20.3. The molecule has 3 aromatic carbocycles. The molecule has 2 heterocycles. The molecule has 37 heavy (non-hydrogen) atoms. The van der Waals surface area contributed by atoms with Crippen LogP contribution in [0.1, 0.15) is 6.42 Å². The Morgan fingerprint density at radius 3 is 2.00 bits per heavy atom. The first-order valence-electron chi connectivity index (χ1n) is 12.2. The number of imidazole rings is 1. The Balaban J connectivity index is 1.14. The average molecular weight is 520 g/mol. The van der Waals surface area contributed by atoms with Gasteiger partial charge in [0.1, 0.15) is 23.9 Å². The highest BCUT2D eigenvalue weighted by molar-refractivity contribution is 7.91. The van der Waals surface area contributed by atoms with Gasteiger partial charge >= 0.3 is 5.69 Å². The van der Waals surface area contributed by atoms with Crippen LogP contribution < -0.4 is 20.5 Å². The van der Waals surface area contributed by atoms with Crippen LogP contribution in [-0.2, 0) is 9.84 Å². The molecule has 1 saturated heterocycles. The highest BCUT2D eigenvalue weighted by Gasteiger charge is 2.27. The molecular formula is C28H29N3O5S. The van der Waals surface area contributed by atoms with Gasteiger partial charge in [-0.2, -0.15) is 0 Å². The summed E-state index contributed by atoms with van der Waals surface area (Å²) < 4.78 is 37.8. The number of hydrogen-bond acceptors (Lipinski definition) is 6. The van der Waals surface area contributed by atoms with Crippen LogP contribution in [0.5, 0.6) is 17.2 Å². The predicted octanol–water partition coefficient (Wildman–Crippen LogP) is 3.82. The zero-order valence-corrected chi connectivity index (χ0v) is 21.1. The molecule has 0 aliphatic carbocycles. The zero-order chi connectivity index (χ0) is 25.7. The molecule has 1 N–H and O–H groups in total. The third kappa shape index (κ3) is 6.31. The number of hydrogen-bond donors (Lipinski definition) is 1. The first-order chi connectivity index (χ1) is 18.0. The van der Waals surface area contributed by atoms with Gasteiger partial charge < -0.3 is 14.8 Å². The van der Waals surface area contributed by atoms with E-state index in [9.17, 15) is 13.2 Å². The van der Waals surface area contributed by atoms with Gasteiger partial charge in [-0.25, -0.2) is 13.2 Å². The van der Waals surface area contributed by atoms with Crippen LogP contribution in [0.3, 0.4) is 0 Å². The maximum absolute atomic E-state index is 13.0. The Bertz CT molecular complexity index is 1480. The number of rotatable bonds is 10. The normalized spacial score (nSPS) is 16.5. The molecular weight excluding hydrogens is 490 g/mol. The van der Waals surface area contributed by atoms with Crippen LogP contribution in [0.25, 0.3) is 11.4 Å². The smallest absolute Gasteiger partial charge is 0.337 e. The average Bonchev–Trinajstić information content (AvgIpc) is 3.46. The molecule has 0 saturated carbocycles. The number of nitrogens with zero attached hydrogens (tertiary/aromatic N) is 2. The summed E-state index contributed by atoms with van der Waals surface area (Å²) in [5.74, 6) is 2.91. The summed E-state index contributed by atoms with van der Waals surface area (Å²) in [7, 11) is -2.84. The van der Waals surface area contributed by atoms with Crippen molar-refractivity contribution in [3.8, 4) is 28.6 Å². The highest BCUT2D eigenvalue weighted by atomic mass is 32.2. The van der Waals surface area contributed by atoms with Crippen LogP contribution in [-0.4, -0.2) is 48.8 Å². The molecule has 192 valence electrons. The number of benzene rings is 3. The van der Waals surface area contributed by atoms with E-state index in [0.717, 1.165) is 23.5 Å². The molecule has 1 fully saturated rings. The molecule has 0 radical (unpaired) electrons. The number of para-hydroxylation sites is 1. The fourth-order valence-electron chi connectivity index (χ4n) is 4.35. The lowest BCUT2D eigenvalue weighted by Gasteiger charge is -2.11. The molecule has 0 amide bonds. The Morgan fingerprint density at radius 2 is 1.41 bits per heavy atom. The van der Waals surface area contributed by atoms with Crippen molar-refractivity contribution in [2.24, 2.45) is 5.92 Å². The van der Waals surface area contributed by atoms with Crippen molar-refractivity contribution in [3.63, 3.8) is 0 Å². The molecule has 1 unspecified atom stereocenters. The van der Waals surface area contributed by atoms with E-state index in [4.69, 9.17) is 9.47 Å². The van der Waals surface area contributed by atoms with Gasteiger partial charge in [-0.15, -0.1) is 0 Å².